The van der Waals surface area contributed by atoms with Crippen molar-refractivity contribution in [3.05, 3.63) is 29.8 Å². The number of methoxy groups -OCH3 is 1. The van der Waals surface area contributed by atoms with Crippen molar-refractivity contribution in [1.29, 1.82) is 0 Å². The number of hydrogen-bond donors (Lipinski definition) is 1. The molecule has 2 atom stereocenters. The Hall–Kier alpha value is -1.07. The highest BCUT2D eigenvalue weighted by atomic mass is 79.9. The first-order chi connectivity index (χ1) is 9.22. The van der Waals surface area contributed by atoms with Crippen molar-refractivity contribution in [2.75, 3.05) is 26.9 Å². The molecular weight excluding hydrogens is 310 g/mol. The van der Waals surface area contributed by atoms with Gasteiger partial charge in [-0.3, -0.25) is 4.79 Å². The molecule has 2 unspecified atom stereocenters. The zero-order chi connectivity index (χ0) is 13.7. The summed E-state index contributed by atoms with van der Waals surface area (Å²) in [7, 11) is 1.64. The average molecular weight is 328 g/mol. The molecule has 0 aliphatic carbocycles. The van der Waals surface area contributed by atoms with Crippen molar-refractivity contribution >= 4 is 21.8 Å². The quantitative estimate of drug-likeness (QED) is 0.842. The molecule has 0 bridgehead atoms. The second kappa shape index (κ2) is 6.91. The lowest BCUT2D eigenvalue weighted by molar-refractivity contribution is -0.123. The number of benzene rings is 1. The summed E-state index contributed by atoms with van der Waals surface area (Å²) in [4.78, 5) is 12.4. The zero-order valence-electron chi connectivity index (χ0n) is 10.9. The Morgan fingerprint density at radius 3 is 3.16 bits per heavy atom. The summed E-state index contributed by atoms with van der Waals surface area (Å²) >= 11 is 3.46. The van der Waals surface area contributed by atoms with E-state index in [9.17, 15) is 4.79 Å². The summed E-state index contributed by atoms with van der Waals surface area (Å²) in [6.07, 6.45) is 0.722. The second-order valence-electron chi connectivity index (χ2n) is 4.53. The van der Waals surface area contributed by atoms with Crippen LogP contribution in [0.5, 0.6) is 5.75 Å². The van der Waals surface area contributed by atoms with E-state index in [4.69, 9.17) is 9.47 Å². The molecule has 19 heavy (non-hydrogen) atoms. The summed E-state index contributed by atoms with van der Waals surface area (Å²) in [6, 6.07) is 7.73. The molecule has 1 heterocycles. The Labute approximate surface area is 121 Å². The summed E-state index contributed by atoms with van der Waals surface area (Å²) in [5.74, 6) is 0.754. The molecule has 2 rings (SSSR count). The fourth-order valence-electron chi connectivity index (χ4n) is 2.19. The molecule has 1 amide bonds. The van der Waals surface area contributed by atoms with E-state index in [-0.39, 0.29) is 16.7 Å². The zero-order valence-corrected chi connectivity index (χ0v) is 12.5. The molecule has 1 aromatic rings. The van der Waals surface area contributed by atoms with Gasteiger partial charge in [0.2, 0.25) is 5.91 Å². The van der Waals surface area contributed by atoms with Gasteiger partial charge in [0, 0.05) is 19.2 Å². The molecule has 1 aliphatic rings. The van der Waals surface area contributed by atoms with Gasteiger partial charge in [-0.15, -0.1) is 0 Å². The Balaban J connectivity index is 1.97. The highest BCUT2D eigenvalue weighted by molar-refractivity contribution is 9.09. The lowest BCUT2D eigenvalue weighted by atomic mass is 9.92. The van der Waals surface area contributed by atoms with Crippen LogP contribution in [0, 0.1) is 0 Å². The topological polar surface area (TPSA) is 47.6 Å². The van der Waals surface area contributed by atoms with Crippen LogP contribution in [0.15, 0.2) is 24.3 Å². The SMILES string of the molecule is COCC(Br)CNC(=O)C1CCOc2ccccc21. The fraction of sp³-hybridized carbons (Fsp3) is 0.500. The van der Waals surface area contributed by atoms with E-state index in [2.05, 4.69) is 21.2 Å². The molecule has 5 heteroatoms. The fourth-order valence-corrected chi connectivity index (χ4v) is 2.61. The third-order valence-corrected chi connectivity index (χ3v) is 3.71. The average Bonchev–Trinajstić information content (AvgIpc) is 2.44. The van der Waals surface area contributed by atoms with Crippen LogP contribution >= 0.6 is 15.9 Å². The number of para-hydroxylation sites is 1. The van der Waals surface area contributed by atoms with Gasteiger partial charge >= 0.3 is 0 Å². The van der Waals surface area contributed by atoms with Crippen molar-refractivity contribution in [3.63, 3.8) is 0 Å². The molecule has 0 fully saturated rings. The monoisotopic (exact) mass is 327 g/mol. The minimum atomic E-state index is -0.118. The number of carbonyl (C=O) groups excluding carboxylic acids is 1. The van der Waals surface area contributed by atoms with Gasteiger partial charge in [0.1, 0.15) is 5.75 Å². The van der Waals surface area contributed by atoms with Gasteiger partial charge in [-0.2, -0.15) is 0 Å². The summed E-state index contributed by atoms with van der Waals surface area (Å²) < 4.78 is 10.6. The summed E-state index contributed by atoms with van der Waals surface area (Å²) in [5.41, 5.74) is 0.976. The Morgan fingerprint density at radius 1 is 1.58 bits per heavy atom. The van der Waals surface area contributed by atoms with Crippen LogP contribution in [0.3, 0.4) is 0 Å². The van der Waals surface area contributed by atoms with Gasteiger partial charge in [0.05, 0.1) is 24.0 Å². The van der Waals surface area contributed by atoms with Gasteiger partial charge in [0.25, 0.3) is 0 Å². The van der Waals surface area contributed by atoms with E-state index in [1.165, 1.54) is 0 Å². The molecule has 4 nitrogen and oxygen atoms in total. The number of nitrogens with one attached hydrogen (secondary N) is 1. The number of rotatable bonds is 5. The molecule has 0 spiro atoms. The van der Waals surface area contributed by atoms with E-state index in [0.29, 0.717) is 19.8 Å². The first-order valence-electron chi connectivity index (χ1n) is 6.35. The van der Waals surface area contributed by atoms with Crippen molar-refractivity contribution in [1.82, 2.24) is 5.32 Å². The van der Waals surface area contributed by atoms with Crippen LogP contribution < -0.4 is 10.1 Å². The Morgan fingerprint density at radius 2 is 2.37 bits per heavy atom. The minimum absolute atomic E-state index is 0.0521. The molecular formula is C14H18BrNO3. The number of hydrogen-bond acceptors (Lipinski definition) is 3. The second-order valence-corrected chi connectivity index (χ2v) is 5.82. The Bertz CT molecular complexity index is 438. The molecule has 1 N–H and O–H groups in total. The van der Waals surface area contributed by atoms with E-state index in [0.717, 1.165) is 17.7 Å². The minimum Gasteiger partial charge on any atom is -0.493 e. The lowest BCUT2D eigenvalue weighted by Crippen LogP contribution is -2.36. The van der Waals surface area contributed by atoms with Crippen molar-refractivity contribution < 1.29 is 14.3 Å². The lowest BCUT2D eigenvalue weighted by Gasteiger charge is -2.25. The standard InChI is InChI=1S/C14H18BrNO3/c1-18-9-10(15)8-16-14(17)12-6-7-19-13-5-3-2-4-11(12)13/h2-5,10,12H,6-9H2,1H3,(H,16,17). The number of fused-ring (bicyclic) bond motifs is 1. The van der Waals surface area contributed by atoms with Crippen LogP contribution in [-0.4, -0.2) is 37.6 Å². The number of amides is 1. The molecule has 0 radical (unpaired) electrons. The smallest absolute Gasteiger partial charge is 0.227 e. The van der Waals surface area contributed by atoms with Crippen LogP contribution in [-0.2, 0) is 9.53 Å². The largest absolute Gasteiger partial charge is 0.493 e. The highest BCUT2D eigenvalue weighted by Crippen LogP contribution is 2.33. The van der Waals surface area contributed by atoms with Gasteiger partial charge in [-0.1, -0.05) is 34.1 Å². The van der Waals surface area contributed by atoms with Gasteiger partial charge in [-0.05, 0) is 12.5 Å². The first-order valence-corrected chi connectivity index (χ1v) is 7.26. The van der Waals surface area contributed by atoms with Crippen LogP contribution in [0.4, 0.5) is 0 Å². The van der Waals surface area contributed by atoms with Gasteiger partial charge in [-0.25, -0.2) is 0 Å². The molecule has 1 aliphatic heterocycles. The van der Waals surface area contributed by atoms with Crippen LogP contribution in [0.1, 0.15) is 17.9 Å². The third-order valence-electron chi connectivity index (χ3n) is 3.12. The summed E-state index contributed by atoms with van der Waals surface area (Å²) in [5, 5.41) is 2.96. The molecule has 104 valence electrons. The maximum Gasteiger partial charge on any atom is 0.227 e. The maximum absolute atomic E-state index is 12.2. The maximum atomic E-state index is 12.2. The van der Waals surface area contributed by atoms with E-state index < -0.39 is 0 Å². The van der Waals surface area contributed by atoms with Crippen molar-refractivity contribution in [2.45, 2.75) is 17.2 Å². The van der Waals surface area contributed by atoms with Gasteiger partial charge < -0.3 is 14.8 Å². The predicted molar refractivity (Wildman–Crippen MR) is 76.9 cm³/mol. The summed E-state index contributed by atoms with van der Waals surface area (Å²) in [6.45, 7) is 1.72. The van der Waals surface area contributed by atoms with Crippen LogP contribution in [0.2, 0.25) is 0 Å². The molecule has 0 saturated heterocycles. The van der Waals surface area contributed by atoms with E-state index >= 15 is 0 Å². The third kappa shape index (κ3) is 3.70. The molecule has 1 aromatic carbocycles. The highest BCUT2D eigenvalue weighted by Gasteiger charge is 2.27. The molecule has 0 aromatic heterocycles. The number of ether oxygens (including phenoxy) is 2. The normalized spacial score (nSPS) is 19.2. The van der Waals surface area contributed by atoms with Crippen molar-refractivity contribution in [2.24, 2.45) is 0 Å². The number of alkyl halides is 1. The van der Waals surface area contributed by atoms with E-state index in [1.54, 1.807) is 7.11 Å². The van der Waals surface area contributed by atoms with Crippen LogP contribution in [0.25, 0.3) is 0 Å². The molecule has 0 saturated carbocycles. The van der Waals surface area contributed by atoms with Crippen molar-refractivity contribution in [3.8, 4) is 5.75 Å². The first kappa shape index (κ1) is 14.3. The number of carbonyl (C=O) groups is 1. The van der Waals surface area contributed by atoms with E-state index in [1.807, 2.05) is 24.3 Å². The predicted octanol–water partition coefficient (Wildman–Crippen LogP) is 2.08. The number of halogens is 1. The Kier molecular flexibility index (Phi) is 5.22. The van der Waals surface area contributed by atoms with Gasteiger partial charge in [0.15, 0.2) is 0 Å².